The second-order valence-corrected chi connectivity index (χ2v) is 2.05. The van der Waals surface area contributed by atoms with Gasteiger partial charge in [-0.05, 0) is 0 Å². The monoisotopic (exact) mass is 178 g/mol. The van der Waals surface area contributed by atoms with Crippen LogP contribution in [-0.4, -0.2) is 6.38 Å². The second kappa shape index (κ2) is 9.16. The second-order valence-electron chi connectivity index (χ2n) is 2.05. The third-order valence-electron chi connectivity index (χ3n) is 1.27. The van der Waals surface area contributed by atoms with Crippen molar-refractivity contribution in [1.82, 2.24) is 0 Å². The zero-order chi connectivity index (χ0) is 8.69. The maximum atomic E-state index is 10.7. The van der Waals surface area contributed by atoms with Crippen LogP contribution in [0.25, 0.3) is 0 Å². The van der Waals surface area contributed by atoms with Gasteiger partial charge in [0.25, 0.3) is 0 Å². The first-order chi connectivity index (χ1) is 5.30. The van der Waals surface area contributed by atoms with Crippen molar-refractivity contribution in [3.05, 3.63) is 35.9 Å². The van der Waals surface area contributed by atoms with Crippen molar-refractivity contribution < 1.29 is 24.0 Å². The Hall–Kier alpha value is 0.0674. The molecule has 0 N–H and O–H groups in total. The van der Waals surface area contributed by atoms with Gasteiger partial charge < -0.3 is 5.11 Å². The van der Waals surface area contributed by atoms with E-state index in [2.05, 4.69) is 11.6 Å². The van der Waals surface area contributed by atoms with E-state index in [-0.39, 0.29) is 18.9 Å². The van der Waals surface area contributed by atoms with E-state index >= 15 is 0 Å². The molecule has 0 radical (unpaired) electrons. The van der Waals surface area contributed by atoms with Crippen LogP contribution in [0.2, 0.25) is 0 Å². The summed E-state index contributed by atoms with van der Waals surface area (Å²) < 4.78 is 0. The van der Waals surface area contributed by atoms with Gasteiger partial charge in [0.1, 0.15) is 0 Å². The molecule has 1 aromatic carbocycles. The van der Waals surface area contributed by atoms with Gasteiger partial charge in [0.15, 0.2) is 0 Å². The van der Waals surface area contributed by atoms with E-state index in [0.29, 0.717) is 0 Å². The summed E-state index contributed by atoms with van der Waals surface area (Å²) in [5, 5.41) is 10.7. The molecule has 1 atom stereocenters. The van der Waals surface area contributed by atoms with Crippen molar-refractivity contribution in [3.8, 4) is 0 Å². The number of benzene rings is 1. The Morgan fingerprint density at radius 2 is 1.58 bits per heavy atom. The molecule has 0 saturated carbocycles. The summed E-state index contributed by atoms with van der Waals surface area (Å²) >= 11 is 4.64. The van der Waals surface area contributed by atoms with Crippen molar-refractivity contribution in [2.45, 2.75) is 13.0 Å². The molecule has 0 aliphatic heterocycles. The van der Waals surface area contributed by atoms with Crippen LogP contribution in [0.5, 0.6) is 0 Å². The topological polar surface area (TPSA) is 23.1 Å². The molecule has 0 fully saturated rings. The van der Waals surface area contributed by atoms with Gasteiger partial charge in [-0.3, -0.25) is 0 Å². The summed E-state index contributed by atoms with van der Waals surface area (Å²) in [5.41, 5.74) is 0.859. The van der Waals surface area contributed by atoms with E-state index in [4.69, 9.17) is 0 Å². The number of hydrogen-bond donors (Lipinski definition) is 0. The summed E-state index contributed by atoms with van der Waals surface area (Å²) in [4.78, 5) is 0. The molecular formula is C9H12ClLiO. The van der Waals surface area contributed by atoms with E-state index in [0.717, 1.165) is 5.56 Å². The summed E-state index contributed by atoms with van der Waals surface area (Å²) in [6, 6.07) is 9.36. The van der Waals surface area contributed by atoms with Gasteiger partial charge in [0.2, 0.25) is 0 Å². The number of rotatable bonds is 1. The Kier molecular flexibility index (Phi) is 11.1. The fourth-order valence-electron chi connectivity index (χ4n) is 0.724. The third kappa shape index (κ3) is 5.68. The molecule has 0 amide bonds. The van der Waals surface area contributed by atoms with Gasteiger partial charge in [-0.15, -0.1) is 17.7 Å². The Balaban J connectivity index is 0. The van der Waals surface area contributed by atoms with Gasteiger partial charge in [0.05, 0.1) is 0 Å². The minimum Gasteiger partial charge on any atom is -0.849 e. The molecule has 0 aromatic heterocycles. The summed E-state index contributed by atoms with van der Waals surface area (Å²) in [7, 11) is 0. The molecule has 0 heterocycles. The van der Waals surface area contributed by atoms with Gasteiger partial charge in [0, 0.05) is 6.38 Å². The predicted octanol–water partition coefficient (Wildman–Crippen LogP) is -1.03. The first kappa shape index (κ1) is 14.6. The van der Waals surface area contributed by atoms with E-state index in [1.807, 2.05) is 30.3 Å². The zero-order valence-electron chi connectivity index (χ0n) is 7.75. The predicted molar refractivity (Wildman–Crippen MR) is 46.6 cm³/mol. The Bertz CT molecular complexity index is 177. The molecule has 12 heavy (non-hydrogen) atoms. The summed E-state index contributed by atoms with van der Waals surface area (Å²) in [6.45, 7) is 1.65. The van der Waals surface area contributed by atoms with Crippen molar-refractivity contribution >= 4 is 11.6 Å². The van der Waals surface area contributed by atoms with Gasteiger partial charge in [-0.1, -0.05) is 42.8 Å². The molecule has 1 rings (SSSR count). The van der Waals surface area contributed by atoms with Crippen molar-refractivity contribution in [2.75, 3.05) is 6.38 Å². The van der Waals surface area contributed by atoms with E-state index < -0.39 is 6.10 Å². The van der Waals surface area contributed by atoms with E-state index in [1.54, 1.807) is 6.92 Å². The summed E-state index contributed by atoms with van der Waals surface area (Å²) in [5.74, 6) is 0. The van der Waals surface area contributed by atoms with Crippen molar-refractivity contribution in [1.29, 1.82) is 0 Å². The minimum absolute atomic E-state index is 0. The largest absolute Gasteiger partial charge is 1.00 e. The summed E-state index contributed by atoms with van der Waals surface area (Å²) in [6.07, 6.45) is 0.881. The van der Waals surface area contributed by atoms with Crippen LogP contribution in [0.4, 0.5) is 0 Å². The molecule has 1 aromatic rings. The van der Waals surface area contributed by atoms with E-state index in [1.165, 1.54) is 6.38 Å². The number of hydrogen-bond acceptors (Lipinski definition) is 1. The minimum atomic E-state index is -0.591. The molecule has 0 saturated heterocycles. The van der Waals surface area contributed by atoms with Gasteiger partial charge in [-0.25, -0.2) is 0 Å². The molecule has 3 heteroatoms. The maximum Gasteiger partial charge on any atom is 1.00 e. The molecule has 0 aliphatic carbocycles. The van der Waals surface area contributed by atoms with Crippen molar-refractivity contribution in [3.63, 3.8) is 0 Å². The smallest absolute Gasteiger partial charge is 0.849 e. The van der Waals surface area contributed by atoms with Gasteiger partial charge in [-0.2, -0.15) is 0 Å². The van der Waals surface area contributed by atoms with Crippen LogP contribution in [0.1, 0.15) is 18.6 Å². The first-order valence-corrected chi connectivity index (χ1v) is 4.15. The average Bonchev–Trinajstić information content (AvgIpc) is 2.10. The quantitative estimate of drug-likeness (QED) is 0.398. The van der Waals surface area contributed by atoms with Crippen LogP contribution >= 0.6 is 11.6 Å². The standard InChI is InChI=1S/C8H9O.CH3Cl.Li/c1-7(9)8-5-3-2-4-6-8;1-2;/h2-7H,1H3;1H3;/q-1;;+1. The molecule has 0 spiro atoms. The fourth-order valence-corrected chi connectivity index (χ4v) is 0.724. The SMILES string of the molecule is CC([O-])c1ccccc1.CCl.[Li+]. The van der Waals surface area contributed by atoms with Gasteiger partial charge >= 0.3 is 18.9 Å². The van der Waals surface area contributed by atoms with Crippen LogP contribution in [0.3, 0.4) is 0 Å². The first-order valence-electron chi connectivity index (χ1n) is 3.39. The number of halogens is 1. The molecule has 1 nitrogen and oxygen atoms in total. The zero-order valence-corrected chi connectivity index (χ0v) is 8.51. The molecule has 62 valence electrons. The van der Waals surface area contributed by atoms with Crippen LogP contribution in [0.15, 0.2) is 30.3 Å². The van der Waals surface area contributed by atoms with Crippen LogP contribution < -0.4 is 24.0 Å². The van der Waals surface area contributed by atoms with Crippen LogP contribution in [-0.2, 0) is 0 Å². The van der Waals surface area contributed by atoms with Crippen LogP contribution in [0, 0.1) is 0 Å². The Morgan fingerprint density at radius 3 is 1.83 bits per heavy atom. The van der Waals surface area contributed by atoms with Crippen molar-refractivity contribution in [2.24, 2.45) is 0 Å². The molecular weight excluding hydrogens is 166 g/mol. The van der Waals surface area contributed by atoms with E-state index in [9.17, 15) is 5.11 Å². The molecule has 1 unspecified atom stereocenters. The maximum absolute atomic E-state index is 10.7. The molecule has 0 aliphatic rings. The number of alkyl halides is 1. The Labute approximate surface area is 90.9 Å². The fraction of sp³-hybridized carbons (Fsp3) is 0.333. The average molecular weight is 179 g/mol. The normalized spacial score (nSPS) is 10.3. The third-order valence-corrected chi connectivity index (χ3v) is 1.27. The molecule has 0 bridgehead atoms. The Morgan fingerprint density at radius 1 is 1.17 bits per heavy atom.